The fourth-order valence-corrected chi connectivity index (χ4v) is 4.62. The van der Waals surface area contributed by atoms with Gasteiger partial charge in [0.05, 0.1) is 17.1 Å². The molecule has 4 aromatic rings. The molecule has 4 heterocycles. The standard InChI is InChI=1S/C26H25ClN6O2/c1-18-22(16-33(30-18)21-5-3-20(27)4-6-21)23-8-9-28-26(29-23)32-12-10-31(11-13-32)15-19-2-7-24-25(14-19)35-17-34-24/h2-9,14,16H,10-13,15,17H2,1H3. The molecule has 9 heteroatoms. The molecule has 0 saturated carbocycles. The largest absolute Gasteiger partial charge is 0.454 e. The molecule has 0 bridgehead atoms. The first kappa shape index (κ1) is 21.9. The summed E-state index contributed by atoms with van der Waals surface area (Å²) in [5.74, 6) is 2.41. The van der Waals surface area contributed by atoms with Crippen LogP contribution in [0, 0.1) is 6.92 Å². The van der Waals surface area contributed by atoms with E-state index in [1.54, 1.807) is 0 Å². The van der Waals surface area contributed by atoms with Crippen LogP contribution in [0.2, 0.25) is 5.02 Å². The van der Waals surface area contributed by atoms with Gasteiger partial charge >= 0.3 is 0 Å². The fraction of sp³-hybridized carbons (Fsp3) is 0.269. The Morgan fingerprint density at radius 3 is 2.57 bits per heavy atom. The number of anilines is 1. The highest BCUT2D eigenvalue weighted by Crippen LogP contribution is 2.33. The first-order valence-corrected chi connectivity index (χ1v) is 12.0. The van der Waals surface area contributed by atoms with Gasteiger partial charge in [-0.2, -0.15) is 5.10 Å². The van der Waals surface area contributed by atoms with E-state index in [4.69, 9.17) is 26.1 Å². The first-order chi connectivity index (χ1) is 17.1. The summed E-state index contributed by atoms with van der Waals surface area (Å²) < 4.78 is 12.8. The normalized spacial score (nSPS) is 15.5. The molecule has 0 aliphatic carbocycles. The van der Waals surface area contributed by atoms with E-state index < -0.39 is 0 Å². The number of aryl methyl sites for hydroxylation is 1. The molecule has 0 radical (unpaired) electrons. The van der Waals surface area contributed by atoms with Crippen LogP contribution in [0.1, 0.15) is 11.3 Å². The Hall–Kier alpha value is -3.62. The highest BCUT2D eigenvalue weighted by Gasteiger charge is 2.21. The maximum absolute atomic E-state index is 6.03. The smallest absolute Gasteiger partial charge is 0.231 e. The number of aromatic nitrogens is 4. The second-order valence-corrected chi connectivity index (χ2v) is 9.18. The minimum atomic E-state index is 0.304. The third-order valence-corrected chi connectivity index (χ3v) is 6.66. The molecule has 1 saturated heterocycles. The molecule has 2 aliphatic heterocycles. The van der Waals surface area contributed by atoms with Gasteiger partial charge in [-0.3, -0.25) is 4.90 Å². The summed E-state index contributed by atoms with van der Waals surface area (Å²) in [5, 5.41) is 5.38. The Morgan fingerprint density at radius 2 is 1.74 bits per heavy atom. The maximum Gasteiger partial charge on any atom is 0.231 e. The van der Waals surface area contributed by atoms with Crippen molar-refractivity contribution in [1.82, 2.24) is 24.6 Å². The lowest BCUT2D eigenvalue weighted by Crippen LogP contribution is -2.46. The Labute approximate surface area is 208 Å². The number of fused-ring (bicyclic) bond motifs is 1. The lowest BCUT2D eigenvalue weighted by Gasteiger charge is -2.34. The van der Waals surface area contributed by atoms with Crippen molar-refractivity contribution in [3.8, 4) is 28.4 Å². The van der Waals surface area contributed by atoms with E-state index in [1.165, 1.54) is 5.56 Å². The second kappa shape index (κ2) is 9.20. The van der Waals surface area contributed by atoms with E-state index in [9.17, 15) is 0 Å². The van der Waals surface area contributed by atoms with Gasteiger partial charge in [-0.25, -0.2) is 14.6 Å². The lowest BCUT2D eigenvalue weighted by atomic mass is 10.1. The Balaban J connectivity index is 1.13. The number of hydrogen-bond acceptors (Lipinski definition) is 7. The molecule has 0 unspecified atom stereocenters. The average molecular weight is 489 g/mol. The van der Waals surface area contributed by atoms with Crippen molar-refractivity contribution >= 4 is 17.5 Å². The summed E-state index contributed by atoms with van der Waals surface area (Å²) in [6.45, 7) is 6.81. The lowest BCUT2D eigenvalue weighted by molar-refractivity contribution is 0.174. The molecular formula is C26H25ClN6O2. The van der Waals surface area contributed by atoms with E-state index in [2.05, 4.69) is 32.0 Å². The van der Waals surface area contributed by atoms with Crippen molar-refractivity contribution in [1.29, 1.82) is 0 Å². The van der Waals surface area contributed by atoms with E-state index in [0.717, 1.165) is 72.8 Å². The van der Waals surface area contributed by atoms with Gasteiger partial charge in [-0.1, -0.05) is 17.7 Å². The Morgan fingerprint density at radius 1 is 0.943 bits per heavy atom. The zero-order valence-corrected chi connectivity index (χ0v) is 20.1. The number of ether oxygens (including phenoxy) is 2. The third-order valence-electron chi connectivity index (χ3n) is 6.41. The third kappa shape index (κ3) is 4.54. The molecule has 0 atom stereocenters. The summed E-state index contributed by atoms with van der Waals surface area (Å²) >= 11 is 6.03. The monoisotopic (exact) mass is 488 g/mol. The number of rotatable bonds is 5. The summed E-state index contributed by atoms with van der Waals surface area (Å²) in [4.78, 5) is 14.1. The molecule has 8 nitrogen and oxygen atoms in total. The summed E-state index contributed by atoms with van der Waals surface area (Å²) in [6, 6.07) is 15.7. The van der Waals surface area contributed by atoms with E-state index >= 15 is 0 Å². The minimum absolute atomic E-state index is 0.304. The summed E-state index contributed by atoms with van der Waals surface area (Å²) in [5.41, 5.74) is 4.96. The van der Waals surface area contributed by atoms with Crippen molar-refractivity contribution in [3.63, 3.8) is 0 Å². The molecule has 2 aromatic carbocycles. The quantitative estimate of drug-likeness (QED) is 0.414. The number of benzene rings is 2. The van der Waals surface area contributed by atoms with Crippen molar-refractivity contribution in [2.75, 3.05) is 37.9 Å². The molecular weight excluding hydrogens is 464 g/mol. The predicted octanol–water partition coefficient (Wildman–Crippen LogP) is 4.34. The highest BCUT2D eigenvalue weighted by atomic mass is 35.5. The summed E-state index contributed by atoms with van der Waals surface area (Å²) in [7, 11) is 0. The van der Waals surface area contributed by atoms with Gasteiger partial charge in [-0.15, -0.1) is 0 Å². The van der Waals surface area contributed by atoms with E-state index in [-0.39, 0.29) is 0 Å². The Bertz CT molecular complexity index is 1350. The molecule has 0 N–H and O–H groups in total. The van der Waals surface area contributed by atoms with Gasteiger partial charge in [-0.05, 0) is 55.0 Å². The van der Waals surface area contributed by atoms with Crippen LogP contribution in [-0.2, 0) is 6.54 Å². The predicted molar refractivity (Wildman–Crippen MR) is 134 cm³/mol. The topological polar surface area (TPSA) is 68.5 Å². The van der Waals surface area contributed by atoms with Crippen LogP contribution in [0.5, 0.6) is 11.5 Å². The van der Waals surface area contributed by atoms with Crippen molar-refractivity contribution < 1.29 is 9.47 Å². The van der Waals surface area contributed by atoms with Crippen LogP contribution in [0.3, 0.4) is 0 Å². The number of hydrogen-bond donors (Lipinski definition) is 0. The fourth-order valence-electron chi connectivity index (χ4n) is 4.49. The van der Waals surface area contributed by atoms with Gasteiger partial charge in [0.25, 0.3) is 0 Å². The van der Waals surface area contributed by atoms with Crippen LogP contribution >= 0.6 is 11.6 Å². The molecule has 1 fully saturated rings. The van der Waals surface area contributed by atoms with Crippen LogP contribution in [0.4, 0.5) is 5.95 Å². The SMILES string of the molecule is Cc1nn(-c2ccc(Cl)cc2)cc1-c1ccnc(N2CCN(Cc3ccc4c(c3)OCO4)CC2)n1. The van der Waals surface area contributed by atoms with E-state index in [1.807, 2.05) is 60.4 Å². The van der Waals surface area contributed by atoms with Gasteiger partial charge < -0.3 is 14.4 Å². The molecule has 6 rings (SSSR count). The van der Waals surface area contributed by atoms with Gasteiger partial charge in [0.2, 0.25) is 12.7 Å². The summed E-state index contributed by atoms with van der Waals surface area (Å²) in [6.07, 6.45) is 3.84. The maximum atomic E-state index is 6.03. The number of halogens is 1. The van der Waals surface area contributed by atoms with Crippen LogP contribution in [-0.4, -0.2) is 57.6 Å². The molecule has 178 valence electrons. The van der Waals surface area contributed by atoms with Crippen molar-refractivity contribution in [3.05, 3.63) is 77.2 Å². The molecule has 2 aromatic heterocycles. The molecule has 2 aliphatic rings. The number of nitrogens with zero attached hydrogens (tertiary/aromatic N) is 6. The highest BCUT2D eigenvalue weighted by molar-refractivity contribution is 6.30. The minimum Gasteiger partial charge on any atom is -0.454 e. The molecule has 0 spiro atoms. The van der Waals surface area contributed by atoms with Crippen molar-refractivity contribution in [2.45, 2.75) is 13.5 Å². The van der Waals surface area contributed by atoms with Gasteiger partial charge in [0.1, 0.15) is 0 Å². The van der Waals surface area contributed by atoms with Crippen LogP contribution in [0.15, 0.2) is 60.9 Å². The average Bonchev–Trinajstić information content (AvgIpc) is 3.51. The zero-order valence-electron chi connectivity index (χ0n) is 19.4. The molecule has 0 amide bonds. The van der Waals surface area contributed by atoms with Gasteiger partial charge in [0, 0.05) is 55.7 Å². The second-order valence-electron chi connectivity index (χ2n) is 8.74. The zero-order chi connectivity index (χ0) is 23.8. The van der Waals surface area contributed by atoms with Crippen LogP contribution < -0.4 is 14.4 Å². The molecule has 35 heavy (non-hydrogen) atoms. The van der Waals surface area contributed by atoms with Crippen LogP contribution in [0.25, 0.3) is 16.9 Å². The van der Waals surface area contributed by atoms with E-state index in [0.29, 0.717) is 11.8 Å². The first-order valence-electron chi connectivity index (χ1n) is 11.6. The van der Waals surface area contributed by atoms with Gasteiger partial charge in [0.15, 0.2) is 11.5 Å². The number of piperazine rings is 1. The Kier molecular flexibility index (Phi) is 5.75. The van der Waals surface area contributed by atoms with Crippen molar-refractivity contribution in [2.24, 2.45) is 0 Å².